The van der Waals surface area contributed by atoms with E-state index < -0.39 is 22.7 Å². The molecule has 2 aromatic carbocycles. The smallest absolute Gasteiger partial charge is 0.356 e. The molecule has 0 atom stereocenters. The maximum Gasteiger partial charge on any atom is 0.417 e. The molecule has 0 spiro atoms. The Labute approximate surface area is 177 Å². The molecule has 3 aromatic rings. The third kappa shape index (κ3) is 6.34. The zero-order valence-electron chi connectivity index (χ0n) is 14.7. The molecule has 0 aliphatic heterocycles. The number of carbonyl (C=O) groups excluding carboxylic acids is 1. The molecule has 2 N–H and O–H groups in total. The minimum absolute atomic E-state index is 0.0166. The topological polar surface area (TPSA) is 66.9 Å². The van der Waals surface area contributed by atoms with Crippen LogP contribution in [-0.2, 0) is 17.5 Å². The number of hydrogen-bond donors (Lipinski definition) is 2. The van der Waals surface area contributed by atoms with Crippen LogP contribution in [0.4, 0.5) is 24.0 Å². The molecule has 0 unspecified atom stereocenters. The lowest BCUT2D eigenvalue weighted by Crippen LogP contribution is -2.15. The van der Waals surface area contributed by atoms with Crippen molar-refractivity contribution in [3.05, 3.63) is 64.7 Å². The molecule has 0 bridgehead atoms. The summed E-state index contributed by atoms with van der Waals surface area (Å²) in [6.07, 6.45) is -4.59. The molecule has 0 fully saturated rings. The van der Waals surface area contributed by atoms with E-state index >= 15 is 0 Å². The maximum absolute atomic E-state index is 12.9. The SMILES string of the molecule is O=C(CSc1nnc(NCc2ccccc2)s1)Nc1ccc(Cl)c(C(F)(F)F)c1. The predicted octanol–water partition coefficient (Wildman–Crippen LogP) is 5.55. The molecule has 0 saturated heterocycles. The molecule has 0 radical (unpaired) electrons. The number of alkyl halides is 3. The fraction of sp³-hybridized carbons (Fsp3) is 0.167. The molecular weight excluding hydrogens is 445 g/mol. The van der Waals surface area contributed by atoms with Gasteiger partial charge in [-0.3, -0.25) is 4.79 Å². The van der Waals surface area contributed by atoms with Crippen LogP contribution in [0.1, 0.15) is 11.1 Å². The number of anilines is 2. The highest BCUT2D eigenvalue weighted by Gasteiger charge is 2.33. The largest absolute Gasteiger partial charge is 0.417 e. The number of thioether (sulfide) groups is 1. The molecule has 1 amide bonds. The van der Waals surface area contributed by atoms with Gasteiger partial charge in [0.1, 0.15) is 0 Å². The van der Waals surface area contributed by atoms with Crippen LogP contribution in [0.3, 0.4) is 0 Å². The van der Waals surface area contributed by atoms with Gasteiger partial charge in [-0.15, -0.1) is 10.2 Å². The van der Waals surface area contributed by atoms with Gasteiger partial charge in [0.2, 0.25) is 11.0 Å². The van der Waals surface area contributed by atoms with Crippen molar-refractivity contribution in [2.75, 3.05) is 16.4 Å². The van der Waals surface area contributed by atoms with Crippen molar-refractivity contribution < 1.29 is 18.0 Å². The molecule has 11 heteroatoms. The second-order valence-electron chi connectivity index (χ2n) is 5.74. The number of rotatable bonds is 7. The fourth-order valence-electron chi connectivity index (χ4n) is 2.26. The first kappa shape index (κ1) is 21.4. The number of halogens is 4. The lowest BCUT2D eigenvalue weighted by Gasteiger charge is -2.11. The van der Waals surface area contributed by atoms with Gasteiger partial charge >= 0.3 is 6.18 Å². The molecule has 3 rings (SSSR count). The average Bonchev–Trinajstić information content (AvgIpc) is 3.14. The first-order chi connectivity index (χ1) is 13.8. The number of benzene rings is 2. The van der Waals surface area contributed by atoms with E-state index in [2.05, 4.69) is 20.8 Å². The van der Waals surface area contributed by atoms with Gasteiger partial charge in [0.15, 0.2) is 4.34 Å². The Morgan fingerprint density at radius 1 is 1.14 bits per heavy atom. The third-order valence-electron chi connectivity index (χ3n) is 3.58. The van der Waals surface area contributed by atoms with Crippen LogP contribution in [0.5, 0.6) is 0 Å². The van der Waals surface area contributed by atoms with Crippen molar-refractivity contribution in [3.8, 4) is 0 Å². The van der Waals surface area contributed by atoms with Crippen LogP contribution in [0, 0.1) is 0 Å². The number of amides is 1. The van der Waals surface area contributed by atoms with Crippen molar-refractivity contribution in [3.63, 3.8) is 0 Å². The van der Waals surface area contributed by atoms with E-state index in [-0.39, 0.29) is 11.4 Å². The Hall–Kier alpha value is -2.30. The summed E-state index contributed by atoms with van der Waals surface area (Å²) in [5.41, 5.74) is 0.121. The van der Waals surface area contributed by atoms with E-state index in [1.54, 1.807) is 0 Å². The summed E-state index contributed by atoms with van der Waals surface area (Å²) in [4.78, 5) is 12.0. The second kappa shape index (κ2) is 9.47. The maximum atomic E-state index is 12.9. The fourth-order valence-corrected chi connectivity index (χ4v) is 4.03. The molecule has 29 heavy (non-hydrogen) atoms. The first-order valence-electron chi connectivity index (χ1n) is 8.22. The zero-order chi connectivity index (χ0) is 20.9. The van der Waals surface area contributed by atoms with Crippen LogP contribution in [0.2, 0.25) is 5.02 Å². The van der Waals surface area contributed by atoms with Crippen molar-refractivity contribution >= 4 is 51.4 Å². The molecule has 1 aromatic heterocycles. The predicted molar refractivity (Wildman–Crippen MR) is 109 cm³/mol. The van der Waals surface area contributed by atoms with Gasteiger partial charge in [-0.1, -0.05) is 65.0 Å². The summed E-state index contributed by atoms with van der Waals surface area (Å²) < 4.78 is 39.2. The molecule has 0 saturated carbocycles. The minimum Gasteiger partial charge on any atom is -0.356 e. The molecule has 152 valence electrons. The Kier molecular flexibility index (Phi) is 6.99. The van der Waals surface area contributed by atoms with Crippen LogP contribution in [0.15, 0.2) is 52.9 Å². The minimum atomic E-state index is -4.59. The van der Waals surface area contributed by atoms with Gasteiger partial charge in [-0.2, -0.15) is 13.2 Å². The average molecular weight is 459 g/mol. The summed E-state index contributed by atoms with van der Waals surface area (Å²) in [6.45, 7) is 0.596. The molecule has 5 nitrogen and oxygen atoms in total. The summed E-state index contributed by atoms with van der Waals surface area (Å²) >= 11 is 8.01. The summed E-state index contributed by atoms with van der Waals surface area (Å²) in [7, 11) is 0. The number of aromatic nitrogens is 2. The van der Waals surface area contributed by atoms with Crippen molar-refractivity contribution in [1.29, 1.82) is 0 Å². The molecular formula is C18H14ClF3N4OS2. The van der Waals surface area contributed by atoms with E-state index in [4.69, 9.17) is 11.6 Å². The number of carbonyl (C=O) groups is 1. The normalized spacial score (nSPS) is 11.3. The first-order valence-corrected chi connectivity index (χ1v) is 10.4. The Bertz CT molecular complexity index is 983. The van der Waals surface area contributed by atoms with Gasteiger partial charge in [0.05, 0.1) is 16.3 Å². The molecule has 0 aliphatic carbocycles. The number of nitrogens with zero attached hydrogens (tertiary/aromatic N) is 2. The van der Waals surface area contributed by atoms with Gasteiger partial charge in [-0.05, 0) is 23.8 Å². The Morgan fingerprint density at radius 3 is 2.62 bits per heavy atom. The third-order valence-corrected chi connectivity index (χ3v) is 5.92. The highest BCUT2D eigenvalue weighted by atomic mass is 35.5. The van der Waals surface area contributed by atoms with Crippen LogP contribution >= 0.6 is 34.7 Å². The second-order valence-corrected chi connectivity index (χ2v) is 8.35. The van der Waals surface area contributed by atoms with E-state index in [1.807, 2.05) is 30.3 Å². The van der Waals surface area contributed by atoms with E-state index in [9.17, 15) is 18.0 Å². The van der Waals surface area contributed by atoms with Gasteiger partial charge in [-0.25, -0.2) is 0 Å². The van der Waals surface area contributed by atoms with Gasteiger partial charge in [0, 0.05) is 12.2 Å². The van der Waals surface area contributed by atoms with Crippen molar-refractivity contribution in [2.45, 2.75) is 17.1 Å². The zero-order valence-corrected chi connectivity index (χ0v) is 17.1. The summed E-state index contributed by atoms with van der Waals surface area (Å²) in [6, 6.07) is 13.0. The Morgan fingerprint density at radius 2 is 1.90 bits per heavy atom. The highest BCUT2D eigenvalue weighted by Crippen LogP contribution is 2.36. The summed E-state index contributed by atoms with van der Waals surface area (Å²) in [5.74, 6) is -0.475. The monoisotopic (exact) mass is 458 g/mol. The Balaban J connectivity index is 1.50. The van der Waals surface area contributed by atoms with Gasteiger partial charge < -0.3 is 10.6 Å². The quantitative estimate of drug-likeness (QED) is 0.454. The number of hydrogen-bond acceptors (Lipinski definition) is 6. The van der Waals surface area contributed by atoms with Crippen LogP contribution in [-0.4, -0.2) is 21.9 Å². The van der Waals surface area contributed by atoms with Crippen molar-refractivity contribution in [1.82, 2.24) is 10.2 Å². The van der Waals surface area contributed by atoms with Crippen LogP contribution < -0.4 is 10.6 Å². The van der Waals surface area contributed by atoms with Gasteiger partial charge in [0.25, 0.3) is 0 Å². The molecule has 1 heterocycles. The van der Waals surface area contributed by atoms with E-state index in [1.165, 1.54) is 17.4 Å². The van der Waals surface area contributed by atoms with Crippen LogP contribution in [0.25, 0.3) is 0 Å². The van der Waals surface area contributed by atoms with E-state index in [0.29, 0.717) is 16.0 Å². The molecule has 0 aliphatic rings. The van der Waals surface area contributed by atoms with E-state index in [0.717, 1.165) is 29.5 Å². The summed E-state index contributed by atoms with van der Waals surface area (Å²) in [5, 5.41) is 13.8. The lowest BCUT2D eigenvalue weighted by atomic mass is 10.2. The highest BCUT2D eigenvalue weighted by molar-refractivity contribution is 8.01. The number of nitrogens with one attached hydrogen (secondary N) is 2. The lowest BCUT2D eigenvalue weighted by molar-refractivity contribution is -0.137. The standard InChI is InChI=1S/C18H14ClF3N4OS2/c19-14-7-6-12(8-13(14)18(20,21)22)24-15(27)10-28-17-26-25-16(29-17)23-9-11-4-2-1-3-5-11/h1-8H,9-10H2,(H,23,25)(H,24,27). The van der Waals surface area contributed by atoms with Crippen molar-refractivity contribution in [2.24, 2.45) is 0 Å².